The van der Waals surface area contributed by atoms with Crippen molar-refractivity contribution in [3.05, 3.63) is 64.0 Å². The largest absolute Gasteiger partial charge is 0.325 e. The first-order chi connectivity index (χ1) is 13.1. The second-order valence-electron chi connectivity index (χ2n) is 5.57. The molecule has 0 fully saturated rings. The summed E-state index contributed by atoms with van der Waals surface area (Å²) >= 11 is 14.7. The van der Waals surface area contributed by atoms with E-state index in [2.05, 4.69) is 15.5 Å². The highest BCUT2D eigenvalue weighted by Gasteiger charge is 2.15. The van der Waals surface area contributed by atoms with Crippen LogP contribution in [0.2, 0.25) is 10.0 Å². The number of amides is 1. The van der Waals surface area contributed by atoms with Crippen molar-refractivity contribution in [1.29, 1.82) is 0 Å². The van der Waals surface area contributed by atoms with Crippen LogP contribution in [0, 0.1) is 0 Å². The van der Waals surface area contributed by atoms with Crippen molar-refractivity contribution in [1.82, 2.24) is 14.6 Å². The molecule has 0 atom stereocenters. The zero-order chi connectivity index (χ0) is 18.8. The van der Waals surface area contributed by atoms with Gasteiger partial charge in [0.1, 0.15) is 0 Å². The van der Waals surface area contributed by atoms with Gasteiger partial charge in [0.25, 0.3) is 0 Å². The highest BCUT2D eigenvalue weighted by Crippen LogP contribution is 2.30. The average molecular weight is 435 g/mol. The molecule has 136 valence electrons. The molecule has 4 aromatic rings. The molecule has 0 saturated carbocycles. The molecule has 4 rings (SSSR count). The molecule has 0 aliphatic carbocycles. The maximum Gasteiger partial charge on any atom is 0.234 e. The maximum atomic E-state index is 12.2. The van der Waals surface area contributed by atoms with E-state index in [0.717, 1.165) is 16.2 Å². The molecule has 0 saturated heterocycles. The first-order valence-electron chi connectivity index (χ1n) is 7.87. The number of nitrogens with zero attached hydrogens (tertiary/aromatic N) is 3. The number of benzene rings is 2. The Kier molecular flexibility index (Phi) is 5.36. The van der Waals surface area contributed by atoms with E-state index in [0.29, 0.717) is 20.9 Å². The Balaban J connectivity index is 1.50. The van der Waals surface area contributed by atoms with Crippen LogP contribution in [0.5, 0.6) is 0 Å². The molecule has 27 heavy (non-hydrogen) atoms. The second kappa shape index (κ2) is 7.90. The summed E-state index contributed by atoms with van der Waals surface area (Å²) < 4.78 is 1.95. The maximum absolute atomic E-state index is 12.2. The predicted molar refractivity (Wildman–Crippen MR) is 112 cm³/mol. The summed E-state index contributed by atoms with van der Waals surface area (Å²) in [6, 6.07) is 14.6. The Morgan fingerprint density at radius 1 is 1.04 bits per heavy atom. The van der Waals surface area contributed by atoms with Crippen molar-refractivity contribution in [3.63, 3.8) is 0 Å². The molecular weight excluding hydrogens is 423 g/mol. The van der Waals surface area contributed by atoms with Gasteiger partial charge in [-0.05, 0) is 42.0 Å². The summed E-state index contributed by atoms with van der Waals surface area (Å²) in [6.45, 7) is 0. The molecule has 0 unspecified atom stereocenters. The van der Waals surface area contributed by atoms with Crippen LogP contribution in [0.1, 0.15) is 0 Å². The van der Waals surface area contributed by atoms with Crippen molar-refractivity contribution in [2.24, 2.45) is 0 Å². The average Bonchev–Trinajstić information content (AvgIpc) is 3.25. The summed E-state index contributed by atoms with van der Waals surface area (Å²) in [5.41, 5.74) is 2.68. The monoisotopic (exact) mass is 434 g/mol. The third kappa shape index (κ3) is 4.11. The third-order valence-electron chi connectivity index (χ3n) is 3.72. The van der Waals surface area contributed by atoms with Crippen LogP contribution in [0.3, 0.4) is 0 Å². The number of anilines is 1. The van der Waals surface area contributed by atoms with Gasteiger partial charge in [0, 0.05) is 21.1 Å². The SMILES string of the molecule is O=C(CSc1nnc2scc(-c3ccc(Cl)cc3)n12)Nc1ccc(Cl)cc1. The Morgan fingerprint density at radius 3 is 2.41 bits per heavy atom. The number of nitrogens with one attached hydrogen (secondary N) is 1. The molecular formula is C18H12Cl2N4OS2. The van der Waals surface area contributed by atoms with Crippen LogP contribution in [0.25, 0.3) is 16.2 Å². The van der Waals surface area contributed by atoms with Gasteiger partial charge >= 0.3 is 0 Å². The van der Waals surface area contributed by atoms with Crippen molar-refractivity contribution in [2.75, 3.05) is 11.1 Å². The van der Waals surface area contributed by atoms with E-state index in [1.165, 1.54) is 23.1 Å². The van der Waals surface area contributed by atoms with Gasteiger partial charge in [-0.3, -0.25) is 9.20 Å². The first kappa shape index (κ1) is 18.3. The molecule has 2 aromatic heterocycles. The van der Waals surface area contributed by atoms with E-state index in [9.17, 15) is 4.79 Å². The number of hydrogen-bond acceptors (Lipinski definition) is 5. The van der Waals surface area contributed by atoms with Crippen molar-refractivity contribution in [3.8, 4) is 11.3 Å². The molecule has 5 nitrogen and oxygen atoms in total. The molecule has 2 aromatic carbocycles. The highest BCUT2D eigenvalue weighted by atomic mass is 35.5. The first-order valence-corrected chi connectivity index (χ1v) is 10.5. The van der Waals surface area contributed by atoms with Gasteiger partial charge in [0.15, 0.2) is 5.16 Å². The topological polar surface area (TPSA) is 59.3 Å². The summed E-state index contributed by atoms with van der Waals surface area (Å²) in [5, 5.41) is 15.2. The molecule has 0 spiro atoms. The number of hydrogen-bond donors (Lipinski definition) is 1. The summed E-state index contributed by atoms with van der Waals surface area (Å²) in [5.74, 6) is 0.0987. The molecule has 0 aliphatic rings. The Morgan fingerprint density at radius 2 is 1.70 bits per heavy atom. The molecule has 0 radical (unpaired) electrons. The molecule has 9 heteroatoms. The van der Waals surface area contributed by atoms with Crippen molar-refractivity contribution >= 4 is 62.9 Å². The van der Waals surface area contributed by atoms with Gasteiger partial charge in [-0.15, -0.1) is 21.5 Å². The summed E-state index contributed by atoms with van der Waals surface area (Å²) in [6.07, 6.45) is 0. The van der Waals surface area contributed by atoms with Crippen LogP contribution in [0.15, 0.2) is 59.1 Å². The standard InChI is InChI=1S/C18H12Cl2N4OS2/c19-12-3-1-11(2-4-12)15-9-26-17-22-23-18(24(15)17)27-10-16(25)21-14-7-5-13(20)6-8-14/h1-9H,10H2,(H,21,25). The number of thioether (sulfide) groups is 1. The lowest BCUT2D eigenvalue weighted by Crippen LogP contribution is -2.14. The van der Waals surface area contributed by atoms with Gasteiger partial charge < -0.3 is 5.32 Å². The van der Waals surface area contributed by atoms with E-state index >= 15 is 0 Å². The van der Waals surface area contributed by atoms with Gasteiger partial charge in [-0.2, -0.15) is 0 Å². The fourth-order valence-corrected chi connectivity index (χ4v) is 4.36. The van der Waals surface area contributed by atoms with Crippen LogP contribution < -0.4 is 5.32 Å². The zero-order valence-corrected chi connectivity index (χ0v) is 16.9. The molecule has 0 aliphatic heterocycles. The van der Waals surface area contributed by atoms with Crippen LogP contribution in [-0.2, 0) is 4.79 Å². The Labute approximate surface area is 173 Å². The van der Waals surface area contributed by atoms with Gasteiger partial charge in [-0.1, -0.05) is 47.1 Å². The second-order valence-corrected chi connectivity index (χ2v) is 8.22. The number of rotatable bonds is 5. The zero-order valence-electron chi connectivity index (χ0n) is 13.7. The van der Waals surface area contributed by atoms with E-state index in [1.54, 1.807) is 24.3 Å². The quantitative estimate of drug-likeness (QED) is 0.421. The normalized spacial score (nSPS) is 11.0. The number of fused-ring (bicyclic) bond motifs is 1. The van der Waals surface area contributed by atoms with E-state index in [1.807, 2.05) is 34.0 Å². The molecule has 1 N–H and O–H groups in total. The minimum absolute atomic E-state index is 0.123. The third-order valence-corrected chi connectivity index (χ3v) is 5.97. The summed E-state index contributed by atoms with van der Waals surface area (Å²) in [4.78, 5) is 13.0. The van der Waals surface area contributed by atoms with Gasteiger partial charge in [-0.25, -0.2) is 0 Å². The predicted octanol–water partition coefficient (Wildman–Crippen LogP) is 5.50. The lowest BCUT2D eigenvalue weighted by atomic mass is 10.2. The van der Waals surface area contributed by atoms with Crippen LogP contribution in [0.4, 0.5) is 5.69 Å². The molecule has 0 bridgehead atoms. The van der Waals surface area contributed by atoms with Crippen LogP contribution >= 0.6 is 46.3 Å². The minimum atomic E-state index is -0.123. The number of thiazole rings is 1. The van der Waals surface area contributed by atoms with E-state index in [-0.39, 0.29) is 11.7 Å². The number of aromatic nitrogens is 3. The van der Waals surface area contributed by atoms with Crippen molar-refractivity contribution < 1.29 is 4.79 Å². The Hall–Kier alpha value is -2.06. The van der Waals surface area contributed by atoms with E-state index in [4.69, 9.17) is 23.2 Å². The van der Waals surface area contributed by atoms with E-state index < -0.39 is 0 Å². The number of carbonyl (C=O) groups is 1. The number of halogens is 2. The lowest BCUT2D eigenvalue weighted by Gasteiger charge is -2.05. The van der Waals surface area contributed by atoms with Gasteiger partial charge in [0.2, 0.25) is 10.9 Å². The smallest absolute Gasteiger partial charge is 0.234 e. The summed E-state index contributed by atoms with van der Waals surface area (Å²) in [7, 11) is 0. The fourth-order valence-electron chi connectivity index (χ4n) is 2.47. The van der Waals surface area contributed by atoms with Gasteiger partial charge in [0.05, 0.1) is 11.4 Å². The fraction of sp³-hybridized carbons (Fsp3) is 0.0556. The van der Waals surface area contributed by atoms with Crippen molar-refractivity contribution in [2.45, 2.75) is 5.16 Å². The van der Waals surface area contributed by atoms with Crippen LogP contribution in [-0.4, -0.2) is 26.3 Å². The minimum Gasteiger partial charge on any atom is -0.325 e. The number of carbonyl (C=O) groups excluding carboxylic acids is 1. The molecule has 1 amide bonds. The Bertz CT molecular complexity index is 1090. The molecule has 2 heterocycles. The highest BCUT2D eigenvalue weighted by molar-refractivity contribution is 7.99. The lowest BCUT2D eigenvalue weighted by molar-refractivity contribution is -0.113.